The van der Waals surface area contributed by atoms with Gasteiger partial charge in [-0.1, -0.05) is 30.3 Å². The highest BCUT2D eigenvalue weighted by Gasteiger charge is 2.50. The zero-order chi connectivity index (χ0) is 28.8. The van der Waals surface area contributed by atoms with E-state index >= 15 is 0 Å². The Balaban J connectivity index is 1.49. The molecule has 2 aromatic rings. The lowest BCUT2D eigenvalue weighted by Crippen LogP contribution is -2.76. The minimum Gasteiger partial charge on any atom is -0.481 e. The summed E-state index contributed by atoms with van der Waals surface area (Å²) in [5, 5.41) is 14.8. The summed E-state index contributed by atoms with van der Waals surface area (Å²) in [4.78, 5) is 53.9. The van der Waals surface area contributed by atoms with Crippen molar-refractivity contribution in [3.63, 3.8) is 0 Å². The maximum atomic E-state index is 13.9. The third-order valence-corrected chi connectivity index (χ3v) is 6.86. The fourth-order valence-electron chi connectivity index (χ4n) is 4.88. The summed E-state index contributed by atoms with van der Waals surface area (Å²) in [7, 11) is 1.57. The molecule has 4 rings (SSSR count). The minimum atomic E-state index is -1.12. The van der Waals surface area contributed by atoms with Gasteiger partial charge in [0, 0.05) is 32.1 Å². The number of hydrogen-bond acceptors (Lipinski definition) is 6. The number of carbonyl (C=O) groups is 4. The molecule has 2 saturated heterocycles. The van der Waals surface area contributed by atoms with Gasteiger partial charge in [-0.3, -0.25) is 14.4 Å². The van der Waals surface area contributed by atoms with Crippen LogP contribution in [0.4, 0.5) is 13.6 Å². The number of hydrogen-bond donors (Lipinski definition) is 2. The van der Waals surface area contributed by atoms with E-state index in [9.17, 15) is 33.1 Å². The molecule has 0 radical (unpaired) electrons. The molecular weight excluding hydrogens is 528 g/mol. The van der Waals surface area contributed by atoms with Gasteiger partial charge in [0.05, 0.1) is 26.3 Å². The smallest absolute Gasteiger partial charge is 0.334 e. The van der Waals surface area contributed by atoms with Crippen molar-refractivity contribution >= 4 is 23.8 Å². The number of likely N-dealkylation sites (N-methyl/N-ethyl adjacent to an activating group) is 1. The molecule has 1 unspecified atom stereocenters. The maximum absolute atomic E-state index is 13.9. The van der Waals surface area contributed by atoms with Crippen molar-refractivity contribution in [3.8, 4) is 0 Å². The standard InChI is InChI=1S/C27H31F2N5O6/c1-31-16-24(35)33-22(10-11-25(36)37)26(38)32(12-13-40-17-19-4-2-3-5-21(19)29)15-23(33)34(31)27(39)30-14-18-6-8-20(28)9-7-18/h2-9,22-23H,10-17H2,1H3,(H,30,39)(H,36,37)/t22-,23?/m0/s1. The van der Waals surface area contributed by atoms with E-state index < -0.39 is 47.7 Å². The summed E-state index contributed by atoms with van der Waals surface area (Å²) in [6, 6.07) is 10.2. The summed E-state index contributed by atoms with van der Waals surface area (Å²) in [6.07, 6.45) is -1.38. The Morgan fingerprint density at radius 3 is 2.52 bits per heavy atom. The van der Waals surface area contributed by atoms with Gasteiger partial charge in [0.15, 0.2) is 0 Å². The average molecular weight is 560 g/mol. The monoisotopic (exact) mass is 559 g/mol. The third-order valence-electron chi connectivity index (χ3n) is 6.86. The molecule has 2 N–H and O–H groups in total. The van der Waals surface area contributed by atoms with Crippen LogP contribution in [0.5, 0.6) is 0 Å². The van der Waals surface area contributed by atoms with E-state index in [-0.39, 0.29) is 52.2 Å². The topological polar surface area (TPSA) is 123 Å². The van der Waals surface area contributed by atoms with Crippen LogP contribution in [0.3, 0.4) is 0 Å². The van der Waals surface area contributed by atoms with E-state index in [1.165, 1.54) is 50.1 Å². The predicted octanol–water partition coefficient (Wildman–Crippen LogP) is 1.78. The average Bonchev–Trinajstić information content (AvgIpc) is 2.91. The summed E-state index contributed by atoms with van der Waals surface area (Å²) < 4.78 is 32.8. The second-order valence-electron chi connectivity index (χ2n) is 9.60. The summed E-state index contributed by atoms with van der Waals surface area (Å²) in [5.41, 5.74) is 1.02. The normalized spacial score (nSPS) is 19.5. The Labute approximate surface area is 229 Å². The second-order valence-corrected chi connectivity index (χ2v) is 9.60. The van der Waals surface area contributed by atoms with Crippen LogP contribution >= 0.6 is 0 Å². The first-order chi connectivity index (χ1) is 19.2. The van der Waals surface area contributed by atoms with Crippen molar-refractivity contribution < 1.29 is 37.8 Å². The van der Waals surface area contributed by atoms with Gasteiger partial charge in [-0.15, -0.1) is 0 Å². The largest absolute Gasteiger partial charge is 0.481 e. The van der Waals surface area contributed by atoms with Gasteiger partial charge >= 0.3 is 12.0 Å². The van der Waals surface area contributed by atoms with Crippen LogP contribution in [0.1, 0.15) is 24.0 Å². The number of aliphatic carboxylic acids is 1. The van der Waals surface area contributed by atoms with Gasteiger partial charge in [-0.2, -0.15) is 0 Å². The number of carboxylic acid groups (broad SMARTS) is 1. The summed E-state index contributed by atoms with van der Waals surface area (Å²) in [5.74, 6) is -2.79. The van der Waals surface area contributed by atoms with Crippen molar-refractivity contribution in [1.82, 2.24) is 25.1 Å². The SMILES string of the molecule is CN1CC(=O)N2C(CN(CCOCc3ccccc3F)C(=O)[C@@H]2CCC(=O)O)N1C(=O)NCc1ccc(F)cc1. The highest BCUT2D eigenvalue weighted by molar-refractivity contribution is 5.91. The molecule has 2 aliphatic heterocycles. The van der Waals surface area contributed by atoms with E-state index in [1.54, 1.807) is 25.2 Å². The molecule has 0 spiro atoms. The van der Waals surface area contributed by atoms with Gasteiger partial charge in [-0.25, -0.2) is 23.6 Å². The number of urea groups is 1. The van der Waals surface area contributed by atoms with Crippen LogP contribution in [0.15, 0.2) is 48.5 Å². The summed E-state index contributed by atoms with van der Waals surface area (Å²) >= 11 is 0. The fourth-order valence-corrected chi connectivity index (χ4v) is 4.88. The molecule has 214 valence electrons. The Kier molecular flexibility index (Phi) is 9.27. The molecule has 11 nitrogen and oxygen atoms in total. The molecule has 0 aliphatic carbocycles. The summed E-state index contributed by atoms with van der Waals surface area (Å²) in [6.45, 7) is 0.00263. The van der Waals surface area contributed by atoms with Gasteiger partial charge in [-0.05, 0) is 30.2 Å². The second kappa shape index (κ2) is 12.8. The molecule has 0 aromatic heterocycles. The number of hydrazine groups is 1. The highest BCUT2D eigenvalue weighted by atomic mass is 19.1. The number of halogens is 2. The Bertz CT molecular complexity index is 1250. The van der Waals surface area contributed by atoms with Gasteiger partial charge in [0.25, 0.3) is 0 Å². The molecule has 13 heteroatoms. The maximum Gasteiger partial charge on any atom is 0.334 e. The van der Waals surface area contributed by atoms with Crippen molar-refractivity contribution in [2.24, 2.45) is 0 Å². The lowest BCUT2D eigenvalue weighted by molar-refractivity contribution is -0.188. The number of carbonyl (C=O) groups excluding carboxylic acids is 3. The number of nitrogens with one attached hydrogen (secondary N) is 1. The number of carboxylic acids is 1. The van der Waals surface area contributed by atoms with Crippen molar-refractivity contribution in [3.05, 3.63) is 71.3 Å². The van der Waals surface area contributed by atoms with E-state index in [0.29, 0.717) is 11.1 Å². The van der Waals surface area contributed by atoms with E-state index in [1.807, 2.05) is 0 Å². The van der Waals surface area contributed by atoms with Crippen molar-refractivity contribution in [1.29, 1.82) is 0 Å². The van der Waals surface area contributed by atoms with Crippen LogP contribution in [-0.4, -0.2) is 94.2 Å². The molecule has 0 bridgehead atoms. The van der Waals surface area contributed by atoms with Crippen LogP contribution < -0.4 is 5.32 Å². The molecule has 0 saturated carbocycles. The first-order valence-corrected chi connectivity index (χ1v) is 12.8. The molecule has 40 heavy (non-hydrogen) atoms. The Morgan fingerprint density at radius 1 is 1.10 bits per heavy atom. The first-order valence-electron chi connectivity index (χ1n) is 12.8. The number of fused-ring (bicyclic) bond motifs is 1. The molecular formula is C27H31F2N5O6. The predicted molar refractivity (Wildman–Crippen MR) is 137 cm³/mol. The quantitative estimate of drug-likeness (QED) is 0.426. The van der Waals surface area contributed by atoms with Gasteiger partial charge < -0.3 is 25.0 Å². The Morgan fingerprint density at radius 2 is 1.82 bits per heavy atom. The lowest BCUT2D eigenvalue weighted by atomic mass is 10.0. The highest BCUT2D eigenvalue weighted by Crippen LogP contribution is 2.28. The molecule has 4 amide bonds. The zero-order valence-corrected chi connectivity index (χ0v) is 22.0. The van der Waals surface area contributed by atoms with Crippen molar-refractivity contribution in [2.75, 3.05) is 33.3 Å². The van der Waals surface area contributed by atoms with Gasteiger partial charge in [0.2, 0.25) is 11.8 Å². The lowest BCUT2D eigenvalue weighted by Gasteiger charge is -2.54. The van der Waals surface area contributed by atoms with Crippen molar-refractivity contribution in [2.45, 2.75) is 38.2 Å². The Hall–Kier alpha value is -4.10. The molecule has 2 aliphatic rings. The van der Waals surface area contributed by atoms with E-state index in [2.05, 4.69) is 5.32 Å². The minimum absolute atomic E-state index is 0.00809. The number of rotatable bonds is 10. The molecule has 2 heterocycles. The number of ether oxygens (including phenoxy) is 1. The fraction of sp³-hybridized carbons (Fsp3) is 0.407. The van der Waals surface area contributed by atoms with Crippen LogP contribution in [0.25, 0.3) is 0 Å². The molecule has 2 fully saturated rings. The molecule has 2 aromatic carbocycles. The van der Waals surface area contributed by atoms with Crippen LogP contribution in [-0.2, 0) is 32.3 Å². The van der Waals surface area contributed by atoms with E-state index in [4.69, 9.17) is 4.74 Å². The number of benzene rings is 2. The van der Waals surface area contributed by atoms with E-state index in [0.717, 1.165) is 0 Å². The number of nitrogens with zero attached hydrogens (tertiary/aromatic N) is 4. The van der Waals surface area contributed by atoms with Crippen LogP contribution in [0, 0.1) is 11.6 Å². The number of piperazine rings is 1. The number of amides is 4. The van der Waals surface area contributed by atoms with Crippen LogP contribution in [0.2, 0.25) is 0 Å². The van der Waals surface area contributed by atoms with Gasteiger partial charge in [0.1, 0.15) is 23.8 Å². The zero-order valence-electron chi connectivity index (χ0n) is 22.0. The first kappa shape index (κ1) is 28.9. The third kappa shape index (κ3) is 6.72. The molecule has 2 atom stereocenters.